The SMILES string of the molecule is CC(F)(F)CC[C@@H]1CN(C2CCCC2)c2cc(C(F)(F)F)c(OCC(C)(C)C(=O)O)cc2S(=O)(=O)C1. The number of anilines is 1. The van der Waals surface area contributed by atoms with Crippen molar-refractivity contribution < 1.29 is 45.0 Å². The van der Waals surface area contributed by atoms with Crippen LogP contribution in [0.5, 0.6) is 5.75 Å². The van der Waals surface area contributed by atoms with Crippen molar-refractivity contribution in [1.29, 1.82) is 0 Å². The first-order valence-electron chi connectivity index (χ1n) is 11.9. The number of carboxylic acid groups (broad SMARTS) is 1. The molecule has 1 aliphatic heterocycles. The van der Waals surface area contributed by atoms with Crippen molar-refractivity contribution in [2.75, 3.05) is 23.8 Å². The Bertz CT molecular complexity index is 1080. The maximum absolute atomic E-state index is 14.1. The molecular weight excluding hydrogens is 509 g/mol. The van der Waals surface area contributed by atoms with Crippen molar-refractivity contribution in [2.45, 2.75) is 82.3 Å². The van der Waals surface area contributed by atoms with Crippen molar-refractivity contribution >= 4 is 21.5 Å². The van der Waals surface area contributed by atoms with Crippen molar-refractivity contribution in [3.05, 3.63) is 17.7 Å². The lowest BCUT2D eigenvalue weighted by Crippen LogP contribution is -2.38. The second-order valence-corrected chi connectivity index (χ2v) is 12.6. The number of fused-ring (bicyclic) bond motifs is 1. The van der Waals surface area contributed by atoms with E-state index in [0.29, 0.717) is 12.8 Å². The summed E-state index contributed by atoms with van der Waals surface area (Å²) in [6.07, 6.45) is -2.56. The Morgan fingerprint density at radius 2 is 1.72 bits per heavy atom. The summed E-state index contributed by atoms with van der Waals surface area (Å²) in [5.74, 6) is -6.24. The minimum absolute atomic E-state index is 0.0521. The highest BCUT2D eigenvalue weighted by atomic mass is 32.2. The number of hydrogen-bond acceptors (Lipinski definition) is 5. The first-order chi connectivity index (χ1) is 16.4. The third-order valence-electron chi connectivity index (χ3n) is 6.85. The predicted octanol–water partition coefficient (Wildman–Crippen LogP) is 5.78. The molecule has 12 heteroatoms. The molecule has 36 heavy (non-hydrogen) atoms. The van der Waals surface area contributed by atoms with Crippen LogP contribution in [0.2, 0.25) is 0 Å². The summed E-state index contributed by atoms with van der Waals surface area (Å²) in [4.78, 5) is 12.7. The largest absolute Gasteiger partial charge is 0.492 e. The molecule has 3 rings (SSSR count). The summed E-state index contributed by atoms with van der Waals surface area (Å²) in [7, 11) is -4.16. The average molecular weight is 542 g/mol. The molecule has 2 aliphatic rings. The van der Waals surface area contributed by atoms with Crippen LogP contribution in [0.3, 0.4) is 0 Å². The molecule has 0 unspecified atom stereocenters. The van der Waals surface area contributed by atoms with Crippen LogP contribution < -0.4 is 9.64 Å². The number of sulfone groups is 1. The van der Waals surface area contributed by atoms with Gasteiger partial charge in [0, 0.05) is 25.1 Å². The topological polar surface area (TPSA) is 83.9 Å². The molecule has 204 valence electrons. The maximum Gasteiger partial charge on any atom is 0.420 e. The van der Waals surface area contributed by atoms with Gasteiger partial charge in [0.1, 0.15) is 12.4 Å². The van der Waals surface area contributed by atoms with Crippen LogP contribution in [0, 0.1) is 11.3 Å². The fourth-order valence-electron chi connectivity index (χ4n) is 4.71. The minimum atomic E-state index is -4.90. The van der Waals surface area contributed by atoms with Gasteiger partial charge < -0.3 is 14.7 Å². The molecule has 1 N–H and O–H groups in total. The zero-order chi connectivity index (χ0) is 27.1. The van der Waals surface area contributed by atoms with E-state index in [1.165, 1.54) is 13.8 Å². The van der Waals surface area contributed by atoms with Gasteiger partial charge in [0.2, 0.25) is 5.92 Å². The monoisotopic (exact) mass is 541 g/mol. The van der Waals surface area contributed by atoms with Crippen LogP contribution in [0.15, 0.2) is 17.0 Å². The van der Waals surface area contributed by atoms with E-state index in [1.54, 1.807) is 4.90 Å². The highest BCUT2D eigenvalue weighted by Crippen LogP contribution is 2.46. The Morgan fingerprint density at radius 3 is 2.25 bits per heavy atom. The molecule has 0 saturated heterocycles. The summed E-state index contributed by atoms with van der Waals surface area (Å²) in [6, 6.07) is 1.37. The Morgan fingerprint density at radius 1 is 1.11 bits per heavy atom. The van der Waals surface area contributed by atoms with Crippen molar-refractivity contribution in [3.8, 4) is 5.75 Å². The number of ether oxygens (including phenoxy) is 1. The van der Waals surface area contributed by atoms with Gasteiger partial charge in [-0.15, -0.1) is 0 Å². The summed E-state index contributed by atoms with van der Waals surface area (Å²) in [6.45, 7) is 2.73. The summed E-state index contributed by atoms with van der Waals surface area (Å²) in [5.41, 5.74) is -2.84. The summed E-state index contributed by atoms with van der Waals surface area (Å²) < 4.78 is 101. The van der Waals surface area contributed by atoms with Crippen LogP contribution in [0.25, 0.3) is 0 Å². The number of carbonyl (C=O) groups is 1. The number of halogens is 5. The molecule has 1 atom stereocenters. The van der Waals surface area contributed by atoms with Gasteiger partial charge >= 0.3 is 12.1 Å². The molecule has 0 aromatic heterocycles. The fourth-order valence-corrected chi connectivity index (χ4v) is 6.56. The van der Waals surface area contributed by atoms with E-state index in [0.717, 1.165) is 31.9 Å². The molecule has 0 amide bonds. The van der Waals surface area contributed by atoms with Gasteiger partial charge in [-0.25, -0.2) is 17.2 Å². The lowest BCUT2D eigenvalue weighted by atomic mass is 9.95. The van der Waals surface area contributed by atoms with Gasteiger partial charge in [-0.1, -0.05) is 12.8 Å². The van der Waals surface area contributed by atoms with E-state index in [9.17, 15) is 40.3 Å². The van der Waals surface area contributed by atoms with E-state index in [1.807, 2.05) is 0 Å². The molecule has 1 aromatic carbocycles. The van der Waals surface area contributed by atoms with E-state index in [2.05, 4.69) is 0 Å². The number of nitrogens with zero attached hydrogens (tertiary/aromatic N) is 1. The number of benzene rings is 1. The van der Waals surface area contributed by atoms with Crippen LogP contribution in [-0.4, -0.2) is 50.4 Å². The maximum atomic E-state index is 14.1. The number of carboxylic acids is 1. The smallest absolute Gasteiger partial charge is 0.420 e. The molecule has 1 heterocycles. The Kier molecular flexibility index (Phi) is 7.89. The van der Waals surface area contributed by atoms with Crippen LogP contribution in [0.1, 0.15) is 64.9 Å². The number of rotatable bonds is 8. The highest BCUT2D eigenvalue weighted by Gasteiger charge is 2.42. The van der Waals surface area contributed by atoms with Gasteiger partial charge in [-0.05, 0) is 52.0 Å². The molecule has 1 aromatic rings. The number of hydrogen-bond donors (Lipinski definition) is 1. The summed E-state index contributed by atoms with van der Waals surface area (Å²) >= 11 is 0. The van der Waals surface area contributed by atoms with E-state index in [4.69, 9.17) is 4.74 Å². The second-order valence-electron chi connectivity index (χ2n) is 10.6. The molecule has 0 spiro atoms. The second kappa shape index (κ2) is 9.98. The van der Waals surface area contributed by atoms with Gasteiger partial charge in [0.25, 0.3) is 0 Å². The van der Waals surface area contributed by atoms with Gasteiger partial charge in [0.15, 0.2) is 9.84 Å². The van der Waals surface area contributed by atoms with Crippen LogP contribution >= 0.6 is 0 Å². The first kappa shape index (κ1) is 28.5. The molecule has 1 saturated carbocycles. The van der Waals surface area contributed by atoms with Crippen molar-refractivity contribution in [2.24, 2.45) is 11.3 Å². The number of aliphatic carboxylic acids is 1. The lowest BCUT2D eigenvalue weighted by molar-refractivity contribution is -0.148. The normalized spacial score (nSPS) is 21.2. The Labute approximate surface area is 207 Å². The lowest BCUT2D eigenvalue weighted by Gasteiger charge is -2.34. The van der Waals surface area contributed by atoms with Gasteiger partial charge in [-0.2, -0.15) is 13.2 Å². The van der Waals surface area contributed by atoms with Gasteiger partial charge in [0.05, 0.1) is 27.3 Å². The first-order valence-corrected chi connectivity index (χ1v) is 13.5. The molecule has 0 radical (unpaired) electrons. The standard InChI is InChI=1S/C24H32F5NO5S/c1-22(2,21(31)32)14-35-19-11-20-18(10-17(19)24(27,28)29)30(16-6-4-5-7-16)12-15(13-36(20,33)34)8-9-23(3,25)26/h10-11,15-16H,4-9,12-14H2,1-3H3,(H,31,32)/t15-/m1/s1. The molecule has 0 bridgehead atoms. The number of alkyl halides is 5. The summed E-state index contributed by atoms with van der Waals surface area (Å²) in [5, 5.41) is 9.30. The third-order valence-corrected chi connectivity index (χ3v) is 8.75. The molecule has 6 nitrogen and oxygen atoms in total. The fraction of sp³-hybridized carbons (Fsp3) is 0.708. The van der Waals surface area contributed by atoms with E-state index < -0.39 is 69.3 Å². The predicted molar refractivity (Wildman–Crippen MR) is 123 cm³/mol. The third kappa shape index (κ3) is 6.60. The molecule has 1 aliphatic carbocycles. The quantitative estimate of drug-likeness (QED) is 0.420. The van der Waals surface area contributed by atoms with E-state index in [-0.39, 0.29) is 29.6 Å². The highest BCUT2D eigenvalue weighted by molar-refractivity contribution is 7.91. The average Bonchev–Trinajstić information content (AvgIpc) is 3.23. The van der Waals surface area contributed by atoms with Crippen LogP contribution in [0.4, 0.5) is 27.6 Å². The minimum Gasteiger partial charge on any atom is -0.492 e. The van der Waals surface area contributed by atoms with Crippen molar-refractivity contribution in [3.63, 3.8) is 0 Å². The van der Waals surface area contributed by atoms with Crippen molar-refractivity contribution in [1.82, 2.24) is 0 Å². The van der Waals surface area contributed by atoms with Crippen LogP contribution in [-0.2, 0) is 20.8 Å². The Balaban J connectivity index is 2.12. The Hall–Kier alpha value is -2.11. The van der Waals surface area contributed by atoms with E-state index >= 15 is 0 Å². The molecule has 1 fully saturated rings. The zero-order valence-electron chi connectivity index (χ0n) is 20.5. The van der Waals surface area contributed by atoms with Gasteiger partial charge in [-0.3, -0.25) is 4.79 Å². The zero-order valence-corrected chi connectivity index (χ0v) is 21.3. The molecular formula is C24H32F5NO5S.